The maximum absolute atomic E-state index is 5.68. The van der Waals surface area contributed by atoms with Gasteiger partial charge in [-0.15, -0.1) is 0 Å². The predicted octanol–water partition coefficient (Wildman–Crippen LogP) is 2.55. The molecular formula is C11H14BrNO. The maximum atomic E-state index is 5.68. The Bertz CT molecular complexity index is 363. The summed E-state index contributed by atoms with van der Waals surface area (Å²) in [6, 6.07) is 2.11. The van der Waals surface area contributed by atoms with Crippen LogP contribution in [0.1, 0.15) is 16.7 Å². The SMILES string of the molecule is Cc1cc2c(c(C)c1Br)CNCCO2. The summed E-state index contributed by atoms with van der Waals surface area (Å²) in [6.07, 6.45) is 0. The lowest BCUT2D eigenvalue weighted by molar-refractivity contribution is 0.325. The van der Waals surface area contributed by atoms with Crippen molar-refractivity contribution in [2.75, 3.05) is 13.2 Å². The second-order valence-corrected chi connectivity index (χ2v) is 4.43. The molecule has 1 aliphatic rings. The van der Waals surface area contributed by atoms with E-state index in [0.717, 1.165) is 25.4 Å². The zero-order valence-electron chi connectivity index (χ0n) is 8.48. The lowest BCUT2D eigenvalue weighted by Gasteiger charge is -2.13. The van der Waals surface area contributed by atoms with Gasteiger partial charge in [-0.3, -0.25) is 0 Å². The highest BCUT2D eigenvalue weighted by Gasteiger charge is 2.14. The van der Waals surface area contributed by atoms with E-state index in [0.29, 0.717) is 0 Å². The van der Waals surface area contributed by atoms with Gasteiger partial charge in [-0.2, -0.15) is 0 Å². The van der Waals surface area contributed by atoms with E-state index in [4.69, 9.17) is 4.74 Å². The molecule has 0 aromatic heterocycles. The van der Waals surface area contributed by atoms with Crippen molar-refractivity contribution < 1.29 is 4.74 Å². The molecular weight excluding hydrogens is 242 g/mol. The summed E-state index contributed by atoms with van der Waals surface area (Å²) in [5, 5.41) is 3.35. The van der Waals surface area contributed by atoms with Crippen molar-refractivity contribution in [3.05, 3.63) is 27.2 Å². The predicted molar refractivity (Wildman–Crippen MR) is 60.8 cm³/mol. The summed E-state index contributed by atoms with van der Waals surface area (Å²) in [5.74, 6) is 1.04. The van der Waals surface area contributed by atoms with Crippen LogP contribution in [0.15, 0.2) is 10.5 Å². The Morgan fingerprint density at radius 1 is 1.43 bits per heavy atom. The molecule has 0 amide bonds. The monoisotopic (exact) mass is 255 g/mol. The molecule has 0 spiro atoms. The Balaban J connectivity index is 2.55. The Hall–Kier alpha value is -0.540. The first-order valence-electron chi connectivity index (χ1n) is 4.82. The molecule has 1 N–H and O–H groups in total. The number of rotatable bonds is 0. The zero-order chi connectivity index (χ0) is 10.1. The molecule has 2 nitrogen and oxygen atoms in total. The van der Waals surface area contributed by atoms with Crippen LogP contribution in [0.4, 0.5) is 0 Å². The molecule has 0 atom stereocenters. The van der Waals surface area contributed by atoms with Crippen LogP contribution in [0.3, 0.4) is 0 Å². The number of fused-ring (bicyclic) bond motifs is 1. The summed E-state index contributed by atoms with van der Waals surface area (Å²) in [7, 11) is 0. The Morgan fingerprint density at radius 2 is 2.21 bits per heavy atom. The van der Waals surface area contributed by atoms with Gasteiger partial charge in [0.25, 0.3) is 0 Å². The molecule has 0 saturated heterocycles. The molecule has 1 aromatic carbocycles. The summed E-state index contributed by atoms with van der Waals surface area (Å²) < 4.78 is 6.88. The smallest absolute Gasteiger partial charge is 0.124 e. The minimum absolute atomic E-state index is 0.757. The van der Waals surface area contributed by atoms with Crippen molar-refractivity contribution >= 4 is 15.9 Å². The van der Waals surface area contributed by atoms with Crippen molar-refractivity contribution in [3.63, 3.8) is 0 Å². The van der Waals surface area contributed by atoms with Crippen molar-refractivity contribution in [3.8, 4) is 5.75 Å². The molecule has 1 aliphatic heterocycles. The van der Waals surface area contributed by atoms with Gasteiger partial charge in [0, 0.05) is 23.1 Å². The van der Waals surface area contributed by atoms with Crippen molar-refractivity contribution in [1.29, 1.82) is 0 Å². The first-order valence-corrected chi connectivity index (χ1v) is 5.61. The normalized spacial score (nSPS) is 15.6. The fourth-order valence-electron chi connectivity index (χ4n) is 1.76. The molecule has 0 aliphatic carbocycles. The highest BCUT2D eigenvalue weighted by molar-refractivity contribution is 9.10. The number of aryl methyl sites for hydroxylation is 1. The molecule has 0 bridgehead atoms. The van der Waals surface area contributed by atoms with Crippen molar-refractivity contribution in [1.82, 2.24) is 5.32 Å². The second kappa shape index (κ2) is 3.91. The van der Waals surface area contributed by atoms with Crippen LogP contribution in [0.2, 0.25) is 0 Å². The maximum Gasteiger partial charge on any atom is 0.124 e. The van der Waals surface area contributed by atoms with Gasteiger partial charge in [0.05, 0.1) is 0 Å². The van der Waals surface area contributed by atoms with Gasteiger partial charge in [-0.25, -0.2) is 0 Å². The lowest BCUT2D eigenvalue weighted by atomic mass is 10.0. The Kier molecular flexibility index (Phi) is 2.79. The van der Waals surface area contributed by atoms with Gasteiger partial charge in [-0.05, 0) is 31.0 Å². The quantitative estimate of drug-likeness (QED) is 0.770. The van der Waals surface area contributed by atoms with Gasteiger partial charge in [0.2, 0.25) is 0 Å². The molecule has 1 aromatic rings. The van der Waals surface area contributed by atoms with E-state index in [2.05, 4.69) is 41.2 Å². The molecule has 2 rings (SSSR count). The number of benzene rings is 1. The van der Waals surface area contributed by atoms with E-state index in [1.165, 1.54) is 21.2 Å². The van der Waals surface area contributed by atoms with Crippen LogP contribution < -0.4 is 10.1 Å². The van der Waals surface area contributed by atoms with Gasteiger partial charge < -0.3 is 10.1 Å². The standard InChI is InChI=1S/C11H14BrNO/c1-7-5-10-9(8(2)11(7)12)6-13-3-4-14-10/h5,13H,3-4,6H2,1-2H3. The van der Waals surface area contributed by atoms with Crippen molar-refractivity contribution in [2.24, 2.45) is 0 Å². The fourth-order valence-corrected chi connectivity index (χ4v) is 2.11. The third kappa shape index (κ3) is 1.66. The summed E-state index contributed by atoms with van der Waals surface area (Å²) in [4.78, 5) is 0. The van der Waals surface area contributed by atoms with Crippen LogP contribution in [0, 0.1) is 13.8 Å². The van der Waals surface area contributed by atoms with Crippen LogP contribution in [-0.4, -0.2) is 13.2 Å². The molecule has 0 unspecified atom stereocenters. The van der Waals surface area contributed by atoms with Crippen LogP contribution >= 0.6 is 15.9 Å². The summed E-state index contributed by atoms with van der Waals surface area (Å²) in [6.45, 7) is 6.81. The molecule has 0 fully saturated rings. The highest BCUT2D eigenvalue weighted by atomic mass is 79.9. The highest BCUT2D eigenvalue weighted by Crippen LogP contribution is 2.32. The Morgan fingerprint density at radius 3 is 3.00 bits per heavy atom. The molecule has 0 radical (unpaired) electrons. The van der Waals surface area contributed by atoms with E-state index in [1.54, 1.807) is 0 Å². The number of ether oxygens (including phenoxy) is 1. The number of hydrogen-bond donors (Lipinski definition) is 1. The summed E-state index contributed by atoms with van der Waals surface area (Å²) in [5.41, 5.74) is 3.80. The summed E-state index contributed by atoms with van der Waals surface area (Å²) >= 11 is 3.60. The average Bonchev–Trinajstić information content (AvgIpc) is 2.39. The largest absolute Gasteiger partial charge is 0.492 e. The van der Waals surface area contributed by atoms with Crippen LogP contribution in [0.25, 0.3) is 0 Å². The zero-order valence-corrected chi connectivity index (χ0v) is 10.1. The first-order chi connectivity index (χ1) is 6.70. The lowest BCUT2D eigenvalue weighted by Crippen LogP contribution is -2.16. The molecule has 76 valence electrons. The molecule has 14 heavy (non-hydrogen) atoms. The van der Waals surface area contributed by atoms with Gasteiger partial charge >= 0.3 is 0 Å². The molecule has 3 heteroatoms. The minimum Gasteiger partial charge on any atom is -0.492 e. The minimum atomic E-state index is 0.757. The van der Waals surface area contributed by atoms with Gasteiger partial charge in [-0.1, -0.05) is 15.9 Å². The molecule has 1 heterocycles. The fraction of sp³-hybridized carbons (Fsp3) is 0.455. The Labute approximate surface area is 92.8 Å². The van der Waals surface area contributed by atoms with Gasteiger partial charge in [0.1, 0.15) is 12.4 Å². The van der Waals surface area contributed by atoms with E-state index in [9.17, 15) is 0 Å². The average molecular weight is 256 g/mol. The van der Waals surface area contributed by atoms with Crippen LogP contribution in [0.5, 0.6) is 5.75 Å². The third-order valence-corrected chi connectivity index (χ3v) is 3.83. The first kappa shape index (κ1) is 9.99. The third-order valence-electron chi connectivity index (χ3n) is 2.61. The number of halogens is 1. The van der Waals surface area contributed by atoms with E-state index < -0.39 is 0 Å². The topological polar surface area (TPSA) is 21.3 Å². The number of hydrogen-bond acceptors (Lipinski definition) is 2. The van der Waals surface area contributed by atoms with Crippen LogP contribution in [-0.2, 0) is 6.54 Å². The van der Waals surface area contributed by atoms with Gasteiger partial charge in [0.15, 0.2) is 0 Å². The van der Waals surface area contributed by atoms with E-state index in [-0.39, 0.29) is 0 Å². The van der Waals surface area contributed by atoms with Crippen molar-refractivity contribution in [2.45, 2.75) is 20.4 Å². The number of nitrogens with one attached hydrogen (secondary N) is 1. The molecule has 0 saturated carbocycles. The van der Waals surface area contributed by atoms with E-state index >= 15 is 0 Å². The second-order valence-electron chi connectivity index (χ2n) is 3.63. The van der Waals surface area contributed by atoms with E-state index in [1.807, 2.05) is 0 Å².